The van der Waals surface area contributed by atoms with Crippen molar-refractivity contribution >= 4 is 23.9 Å². The van der Waals surface area contributed by atoms with Crippen molar-refractivity contribution in [2.75, 3.05) is 34.4 Å². The lowest BCUT2D eigenvalue weighted by Gasteiger charge is -2.14. The molecule has 0 bridgehead atoms. The molecule has 2 N–H and O–H groups in total. The van der Waals surface area contributed by atoms with E-state index in [2.05, 4.69) is 9.47 Å². The van der Waals surface area contributed by atoms with Gasteiger partial charge in [0.2, 0.25) is 0 Å². The molecule has 1 unspecified atom stereocenters. The average Bonchev–Trinajstić information content (AvgIpc) is 2.55. The van der Waals surface area contributed by atoms with Gasteiger partial charge in [0, 0.05) is 24.3 Å². The zero-order chi connectivity index (χ0) is 17.7. The number of rotatable bonds is 9. The van der Waals surface area contributed by atoms with Crippen molar-refractivity contribution in [3.63, 3.8) is 0 Å². The van der Waals surface area contributed by atoms with Crippen LogP contribution in [0.5, 0.6) is 0 Å². The second kappa shape index (κ2) is 11.9. The average molecular weight is 330 g/mol. The van der Waals surface area contributed by atoms with Crippen LogP contribution in [-0.4, -0.2) is 64.4 Å². The van der Waals surface area contributed by atoms with Crippen LogP contribution in [0, 0.1) is 0 Å². The van der Waals surface area contributed by atoms with Gasteiger partial charge in [0.25, 0.3) is 0 Å². The molecule has 0 amide bonds. The smallest absolute Gasteiger partial charge is 0.331 e. The maximum absolute atomic E-state index is 11.5. The van der Waals surface area contributed by atoms with E-state index >= 15 is 0 Å². The molecular formula is C14H20NO8+. The third kappa shape index (κ3) is 10.7. The fraction of sp³-hybridized carbons (Fsp3) is 0.429. The Morgan fingerprint density at radius 1 is 0.870 bits per heavy atom. The van der Waals surface area contributed by atoms with Crippen molar-refractivity contribution in [2.45, 2.75) is 6.10 Å². The fourth-order valence-electron chi connectivity index (χ4n) is 1.25. The molecule has 0 radical (unpaired) electrons. The molecule has 0 spiro atoms. The van der Waals surface area contributed by atoms with E-state index in [1.807, 2.05) is 0 Å². The lowest BCUT2D eigenvalue weighted by Crippen LogP contribution is -2.82. The predicted molar refractivity (Wildman–Crippen MR) is 75.9 cm³/mol. The Labute approximate surface area is 133 Å². The van der Waals surface area contributed by atoms with Gasteiger partial charge in [-0.1, -0.05) is 0 Å². The topological polar surface area (TPSA) is 122 Å². The summed E-state index contributed by atoms with van der Waals surface area (Å²) in [7, 11) is 4.09. The molecule has 0 aliphatic carbocycles. The van der Waals surface area contributed by atoms with Gasteiger partial charge in [-0.25, -0.2) is 19.2 Å². The first-order valence-corrected chi connectivity index (χ1v) is 6.60. The minimum absolute atomic E-state index is 0.202. The monoisotopic (exact) mass is 330 g/mol. The quantitative estimate of drug-likeness (QED) is 0.295. The molecule has 0 saturated heterocycles. The Hall–Kier alpha value is -2.68. The predicted octanol–water partition coefficient (Wildman–Crippen LogP) is -1.91. The summed E-state index contributed by atoms with van der Waals surface area (Å²) in [6, 6.07) is 0. The molecule has 0 aliphatic heterocycles. The van der Waals surface area contributed by atoms with E-state index in [0.29, 0.717) is 6.54 Å². The minimum Gasteiger partial charge on any atom is -0.466 e. The third-order valence-corrected chi connectivity index (χ3v) is 2.31. The van der Waals surface area contributed by atoms with Gasteiger partial charge in [-0.05, 0) is 0 Å². The Bertz CT molecular complexity index is 483. The molecule has 0 fully saturated rings. The Morgan fingerprint density at radius 2 is 1.35 bits per heavy atom. The van der Waals surface area contributed by atoms with Crippen molar-refractivity contribution in [3.8, 4) is 0 Å². The highest BCUT2D eigenvalue weighted by atomic mass is 16.6. The molecule has 23 heavy (non-hydrogen) atoms. The van der Waals surface area contributed by atoms with Gasteiger partial charge in [-0.3, -0.25) is 0 Å². The zero-order valence-electron chi connectivity index (χ0n) is 13.1. The maximum Gasteiger partial charge on any atom is 0.331 e. The molecule has 1 atom stereocenters. The number of methoxy groups -OCH3 is 2. The van der Waals surface area contributed by atoms with E-state index in [9.17, 15) is 19.2 Å². The first kappa shape index (κ1) is 20.3. The zero-order valence-corrected chi connectivity index (χ0v) is 13.1. The second-order valence-electron chi connectivity index (χ2n) is 4.05. The molecule has 0 heterocycles. The third-order valence-electron chi connectivity index (χ3n) is 2.31. The molecule has 9 heteroatoms. The van der Waals surface area contributed by atoms with Gasteiger partial charge >= 0.3 is 23.9 Å². The van der Waals surface area contributed by atoms with Crippen molar-refractivity contribution in [1.82, 2.24) is 0 Å². The van der Waals surface area contributed by atoms with Gasteiger partial charge < -0.3 is 24.3 Å². The molecule has 128 valence electrons. The lowest BCUT2D eigenvalue weighted by atomic mass is 10.3. The summed E-state index contributed by atoms with van der Waals surface area (Å²) in [4.78, 5) is 44.5. The van der Waals surface area contributed by atoms with Crippen molar-refractivity contribution in [2.24, 2.45) is 0 Å². The highest BCUT2D eigenvalue weighted by Gasteiger charge is 2.16. The first-order chi connectivity index (χ1) is 10.9. The lowest BCUT2D eigenvalue weighted by molar-refractivity contribution is -0.633. The summed E-state index contributed by atoms with van der Waals surface area (Å²) < 4.78 is 18.5. The molecule has 0 aromatic rings. The Morgan fingerprint density at radius 3 is 1.83 bits per heavy atom. The number of quaternary nitrogens is 1. The minimum atomic E-state index is -0.780. The van der Waals surface area contributed by atoms with E-state index < -0.39 is 30.0 Å². The number of hydrogen-bond acceptors (Lipinski definition) is 8. The summed E-state index contributed by atoms with van der Waals surface area (Å²) in [5.74, 6) is -2.94. The Kier molecular flexibility index (Phi) is 10.5. The van der Waals surface area contributed by atoms with Crippen LogP contribution in [0.15, 0.2) is 24.3 Å². The Balaban J connectivity index is 4.40. The van der Waals surface area contributed by atoms with Crippen LogP contribution in [-0.2, 0) is 38.1 Å². The van der Waals surface area contributed by atoms with Crippen molar-refractivity contribution < 1.29 is 43.4 Å². The first-order valence-electron chi connectivity index (χ1n) is 6.60. The molecule has 0 aromatic carbocycles. The largest absolute Gasteiger partial charge is 0.466 e. The maximum atomic E-state index is 11.5. The number of carbonyl (C=O) groups excluding carboxylic acids is 4. The van der Waals surface area contributed by atoms with Crippen molar-refractivity contribution in [1.29, 1.82) is 0 Å². The number of ether oxygens (including phenoxy) is 4. The second-order valence-corrected chi connectivity index (χ2v) is 4.05. The number of hydrogen-bond donors (Lipinski definition) is 1. The van der Waals surface area contributed by atoms with Crippen LogP contribution in [0.3, 0.4) is 0 Å². The molecule has 0 aliphatic rings. The van der Waals surface area contributed by atoms with Crippen LogP contribution < -0.4 is 5.32 Å². The van der Waals surface area contributed by atoms with Crippen LogP contribution in [0.2, 0.25) is 0 Å². The molecule has 0 rings (SSSR count). The highest BCUT2D eigenvalue weighted by molar-refractivity contribution is 5.92. The molecule has 9 nitrogen and oxygen atoms in total. The van der Waals surface area contributed by atoms with Crippen LogP contribution in [0.1, 0.15) is 0 Å². The van der Waals surface area contributed by atoms with E-state index in [1.165, 1.54) is 14.2 Å². The number of esters is 4. The summed E-state index contributed by atoms with van der Waals surface area (Å²) in [5, 5.41) is 1.72. The van der Waals surface area contributed by atoms with Gasteiger partial charge in [-0.15, -0.1) is 0 Å². The summed E-state index contributed by atoms with van der Waals surface area (Å²) in [6.45, 7) is 0.137. The van der Waals surface area contributed by atoms with E-state index in [-0.39, 0.29) is 6.61 Å². The standard InChI is InChI=1S/C14H19NO8/c1-15-8-10(23-14(19)7-5-12(17)21-3)9-22-13(18)6-4-11(16)20-2/h4-7,10,15H,8-9H2,1-3H3/p+1/b6-4+,7-5+. The number of carbonyl (C=O) groups is 4. The number of likely N-dealkylation sites (N-methyl/N-ethyl adjacent to an activating group) is 1. The van der Waals surface area contributed by atoms with E-state index in [0.717, 1.165) is 24.3 Å². The van der Waals surface area contributed by atoms with Gasteiger partial charge in [0.1, 0.15) is 13.2 Å². The number of nitrogens with two attached hydrogens (primary N) is 1. The van der Waals surface area contributed by atoms with E-state index in [1.54, 1.807) is 12.4 Å². The van der Waals surface area contributed by atoms with Crippen molar-refractivity contribution in [3.05, 3.63) is 24.3 Å². The van der Waals surface area contributed by atoms with E-state index in [4.69, 9.17) is 9.47 Å². The SMILES string of the molecule is C[NH2+]CC(COC(=O)/C=C/C(=O)OC)OC(=O)/C=C/C(=O)OC. The van der Waals surface area contributed by atoms with Gasteiger partial charge in [-0.2, -0.15) is 0 Å². The summed E-state index contributed by atoms with van der Waals surface area (Å²) >= 11 is 0. The normalized spacial score (nSPS) is 12.0. The molecule has 0 saturated carbocycles. The summed E-state index contributed by atoms with van der Waals surface area (Å²) in [5.41, 5.74) is 0. The fourth-order valence-corrected chi connectivity index (χ4v) is 1.25. The van der Waals surface area contributed by atoms with Gasteiger partial charge in [0.15, 0.2) is 6.10 Å². The molecular weight excluding hydrogens is 310 g/mol. The van der Waals surface area contributed by atoms with Crippen LogP contribution >= 0.6 is 0 Å². The van der Waals surface area contributed by atoms with Crippen LogP contribution in [0.4, 0.5) is 0 Å². The van der Waals surface area contributed by atoms with Gasteiger partial charge in [0.05, 0.1) is 21.3 Å². The van der Waals surface area contributed by atoms with Crippen LogP contribution in [0.25, 0.3) is 0 Å². The molecule has 0 aromatic heterocycles. The highest BCUT2D eigenvalue weighted by Crippen LogP contribution is 1.95. The summed E-state index contributed by atoms with van der Waals surface area (Å²) in [6.07, 6.45) is 2.92.